The number of nitro groups is 1. The standard InChI is InChI=1S/C23H17FN4O6/c24-14-6-4-13(5-7-14)21-15-8-10-26(12-17(15)25-34-21)19(29)9-11-27-22(30)16-2-1-3-18(28(32)33)20(16)23(27)31/h1-7H,8-12H2. The van der Waals surface area contributed by atoms with E-state index in [0.717, 1.165) is 10.5 Å². The minimum absolute atomic E-state index is 0.0369. The summed E-state index contributed by atoms with van der Waals surface area (Å²) >= 11 is 0. The number of hydrogen-bond acceptors (Lipinski definition) is 7. The Morgan fingerprint density at radius 1 is 1.15 bits per heavy atom. The van der Waals surface area contributed by atoms with E-state index in [0.29, 0.717) is 30.0 Å². The van der Waals surface area contributed by atoms with Crippen molar-refractivity contribution in [2.45, 2.75) is 19.4 Å². The Bertz CT molecular complexity index is 1350. The zero-order valence-electron chi connectivity index (χ0n) is 17.7. The lowest BCUT2D eigenvalue weighted by atomic mass is 10.0. The summed E-state index contributed by atoms with van der Waals surface area (Å²) in [6.45, 7) is 0.395. The molecule has 5 rings (SSSR count). The molecular formula is C23H17FN4O6. The maximum Gasteiger partial charge on any atom is 0.282 e. The molecule has 0 aliphatic carbocycles. The monoisotopic (exact) mass is 464 g/mol. The van der Waals surface area contributed by atoms with E-state index in [2.05, 4.69) is 5.16 Å². The summed E-state index contributed by atoms with van der Waals surface area (Å²) in [5, 5.41) is 15.3. The van der Waals surface area contributed by atoms with Crippen LogP contribution in [0.25, 0.3) is 11.3 Å². The van der Waals surface area contributed by atoms with E-state index < -0.39 is 22.4 Å². The first-order chi connectivity index (χ1) is 16.3. The van der Waals surface area contributed by atoms with Gasteiger partial charge in [0.1, 0.15) is 17.1 Å². The molecule has 0 spiro atoms. The van der Waals surface area contributed by atoms with Crippen LogP contribution in [0, 0.1) is 15.9 Å². The summed E-state index contributed by atoms with van der Waals surface area (Å²) in [5.74, 6) is -1.54. The van der Waals surface area contributed by atoms with Gasteiger partial charge in [-0.05, 0) is 36.8 Å². The van der Waals surface area contributed by atoms with Gasteiger partial charge in [0.15, 0.2) is 5.76 Å². The molecule has 3 aromatic rings. The van der Waals surface area contributed by atoms with Gasteiger partial charge in [-0.3, -0.25) is 29.4 Å². The van der Waals surface area contributed by atoms with Crippen molar-refractivity contribution in [2.75, 3.05) is 13.1 Å². The lowest BCUT2D eigenvalue weighted by Crippen LogP contribution is -2.39. The molecule has 11 heteroatoms. The maximum atomic E-state index is 13.2. The molecule has 0 saturated carbocycles. The van der Waals surface area contributed by atoms with Crippen LogP contribution in [0.3, 0.4) is 0 Å². The maximum absolute atomic E-state index is 13.2. The first-order valence-electron chi connectivity index (χ1n) is 10.5. The third-order valence-corrected chi connectivity index (χ3v) is 6.02. The predicted molar refractivity (Wildman–Crippen MR) is 114 cm³/mol. The van der Waals surface area contributed by atoms with E-state index in [1.807, 2.05) is 0 Å². The molecule has 3 amide bonds. The van der Waals surface area contributed by atoms with E-state index >= 15 is 0 Å². The lowest BCUT2D eigenvalue weighted by molar-refractivity contribution is -0.385. The van der Waals surface area contributed by atoms with Gasteiger partial charge < -0.3 is 9.42 Å². The number of imide groups is 1. The first-order valence-corrected chi connectivity index (χ1v) is 10.5. The van der Waals surface area contributed by atoms with Crippen LogP contribution in [0.4, 0.5) is 10.1 Å². The number of nitro benzene ring substituents is 1. The fourth-order valence-corrected chi connectivity index (χ4v) is 4.31. The van der Waals surface area contributed by atoms with Crippen LogP contribution in [0.1, 0.15) is 38.4 Å². The van der Waals surface area contributed by atoms with Gasteiger partial charge in [0, 0.05) is 36.7 Å². The quantitative estimate of drug-likeness (QED) is 0.323. The van der Waals surface area contributed by atoms with Gasteiger partial charge in [0.25, 0.3) is 17.5 Å². The van der Waals surface area contributed by atoms with Gasteiger partial charge in [-0.1, -0.05) is 11.2 Å². The Balaban J connectivity index is 1.26. The summed E-state index contributed by atoms with van der Waals surface area (Å²) in [7, 11) is 0. The molecule has 0 radical (unpaired) electrons. The molecule has 0 bridgehead atoms. The average Bonchev–Trinajstić information content (AvgIpc) is 3.36. The van der Waals surface area contributed by atoms with Crippen molar-refractivity contribution < 1.29 is 28.2 Å². The Morgan fingerprint density at radius 3 is 2.65 bits per heavy atom. The zero-order chi connectivity index (χ0) is 24.0. The molecule has 34 heavy (non-hydrogen) atoms. The Hall–Kier alpha value is -4.41. The van der Waals surface area contributed by atoms with E-state index in [-0.39, 0.29) is 42.4 Å². The third kappa shape index (κ3) is 3.51. The van der Waals surface area contributed by atoms with Crippen LogP contribution in [-0.4, -0.2) is 50.7 Å². The summed E-state index contributed by atoms with van der Waals surface area (Å²) in [6.07, 6.45) is 0.355. The minimum Gasteiger partial charge on any atom is -0.356 e. The number of halogens is 1. The molecule has 0 unspecified atom stereocenters. The number of hydrogen-bond donors (Lipinski definition) is 0. The summed E-state index contributed by atoms with van der Waals surface area (Å²) in [5.41, 5.74) is 1.41. The lowest BCUT2D eigenvalue weighted by Gasteiger charge is -2.26. The fraction of sp³-hybridized carbons (Fsp3) is 0.217. The second kappa shape index (κ2) is 8.18. The molecule has 2 aliphatic rings. The zero-order valence-corrected chi connectivity index (χ0v) is 17.7. The van der Waals surface area contributed by atoms with Crippen LogP contribution < -0.4 is 0 Å². The van der Waals surface area contributed by atoms with Crippen molar-refractivity contribution >= 4 is 23.4 Å². The van der Waals surface area contributed by atoms with Crippen molar-refractivity contribution in [3.8, 4) is 11.3 Å². The summed E-state index contributed by atoms with van der Waals surface area (Å²) < 4.78 is 18.7. The van der Waals surface area contributed by atoms with Crippen LogP contribution in [0.5, 0.6) is 0 Å². The van der Waals surface area contributed by atoms with Gasteiger partial charge in [-0.2, -0.15) is 0 Å². The van der Waals surface area contributed by atoms with Gasteiger partial charge in [0.2, 0.25) is 5.91 Å². The molecule has 1 aromatic heterocycles. The van der Waals surface area contributed by atoms with Gasteiger partial charge in [-0.15, -0.1) is 0 Å². The van der Waals surface area contributed by atoms with Crippen LogP contribution in [0.2, 0.25) is 0 Å². The average molecular weight is 464 g/mol. The second-order valence-corrected chi connectivity index (χ2v) is 7.98. The molecule has 0 fully saturated rings. The van der Waals surface area contributed by atoms with Crippen molar-refractivity contribution in [1.29, 1.82) is 0 Å². The Morgan fingerprint density at radius 2 is 1.91 bits per heavy atom. The molecule has 2 aliphatic heterocycles. The number of amides is 3. The third-order valence-electron chi connectivity index (χ3n) is 6.02. The molecule has 0 saturated heterocycles. The summed E-state index contributed by atoms with van der Waals surface area (Å²) in [6, 6.07) is 9.73. The van der Waals surface area contributed by atoms with Crippen molar-refractivity contribution in [3.05, 3.63) is 80.8 Å². The van der Waals surface area contributed by atoms with Crippen molar-refractivity contribution in [1.82, 2.24) is 15.0 Å². The molecule has 2 aromatic carbocycles. The Labute approximate surface area is 191 Å². The highest BCUT2D eigenvalue weighted by atomic mass is 19.1. The van der Waals surface area contributed by atoms with Crippen molar-refractivity contribution in [3.63, 3.8) is 0 Å². The smallest absolute Gasteiger partial charge is 0.282 e. The largest absolute Gasteiger partial charge is 0.356 e. The molecule has 0 N–H and O–H groups in total. The SMILES string of the molecule is O=C(CCN1C(=O)c2cccc([N+](=O)[O-])c2C1=O)N1CCc2c(noc2-c2ccc(F)cc2)C1. The number of fused-ring (bicyclic) bond motifs is 2. The molecule has 10 nitrogen and oxygen atoms in total. The van der Waals surface area contributed by atoms with E-state index in [4.69, 9.17) is 4.52 Å². The number of carbonyl (C=O) groups excluding carboxylic acids is 3. The number of nitrogens with zero attached hydrogens (tertiary/aromatic N) is 4. The minimum atomic E-state index is -0.776. The van der Waals surface area contributed by atoms with Crippen LogP contribution in [0.15, 0.2) is 47.0 Å². The van der Waals surface area contributed by atoms with E-state index in [1.165, 1.54) is 30.3 Å². The molecule has 3 heterocycles. The molecular weight excluding hydrogens is 447 g/mol. The molecule has 0 atom stereocenters. The topological polar surface area (TPSA) is 127 Å². The summed E-state index contributed by atoms with van der Waals surface area (Å²) in [4.78, 5) is 51.0. The number of rotatable bonds is 5. The highest BCUT2D eigenvalue weighted by Gasteiger charge is 2.41. The second-order valence-electron chi connectivity index (χ2n) is 7.98. The van der Waals surface area contributed by atoms with E-state index in [9.17, 15) is 28.9 Å². The predicted octanol–water partition coefficient (Wildman–Crippen LogP) is 2.96. The van der Waals surface area contributed by atoms with Crippen molar-refractivity contribution in [2.24, 2.45) is 0 Å². The number of carbonyl (C=O) groups is 3. The number of aromatic nitrogens is 1. The Kier molecular flexibility index (Phi) is 5.16. The highest BCUT2D eigenvalue weighted by molar-refractivity contribution is 6.23. The number of benzene rings is 2. The van der Waals surface area contributed by atoms with Gasteiger partial charge >= 0.3 is 0 Å². The highest BCUT2D eigenvalue weighted by Crippen LogP contribution is 2.32. The van der Waals surface area contributed by atoms with Crippen LogP contribution >= 0.6 is 0 Å². The van der Waals surface area contributed by atoms with Gasteiger partial charge in [0.05, 0.1) is 17.0 Å². The van der Waals surface area contributed by atoms with Gasteiger partial charge in [-0.25, -0.2) is 4.39 Å². The fourth-order valence-electron chi connectivity index (χ4n) is 4.31. The molecule has 172 valence electrons. The first kappa shape index (κ1) is 21.4. The van der Waals surface area contributed by atoms with E-state index in [1.54, 1.807) is 17.0 Å². The normalized spacial score (nSPS) is 14.9. The van der Waals surface area contributed by atoms with Crippen LogP contribution in [-0.2, 0) is 17.8 Å².